The van der Waals surface area contributed by atoms with Crippen LogP contribution >= 0.6 is 12.2 Å². The van der Waals surface area contributed by atoms with Crippen molar-refractivity contribution in [1.82, 2.24) is 10.7 Å². The van der Waals surface area contributed by atoms with E-state index in [4.69, 9.17) is 17.0 Å². The Hall–Kier alpha value is -1.46. The van der Waals surface area contributed by atoms with Gasteiger partial charge >= 0.3 is 0 Å². The second-order valence-corrected chi connectivity index (χ2v) is 5.86. The quantitative estimate of drug-likeness (QED) is 0.510. The first-order valence-corrected chi connectivity index (χ1v) is 7.74. The standard InChI is InChI=1S/C16H23N3OS/c1-11-6-7-14(9-12(11)2)13(3)18-19-16(21)17-10-15-5-4-8-20-15/h6-7,9,15H,4-5,8,10H2,1-3H3,(H2,17,19,21)/b18-13+. The molecule has 1 aliphatic heterocycles. The van der Waals surface area contributed by atoms with Crippen molar-refractivity contribution in [2.24, 2.45) is 5.10 Å². The van der Waals surface area contributed by atoms with Gasteiger partial charge in [-0.25, -0.2) is 0 Å². The third-order valence-corrected chi connectivity index (χ3v) is 4.00. The lowest BCUT2D eigenvalue weighted by Crippen LogP contribution is -2.37. The van der Waals surface area contributed by atoms with Gasteiger partial charge in [-0.15, -0.1) is 0 Å². The van der Waals surface area contributed by atoms with Crippen molar-refractivity contribution >= 4 is 23.0 Å². The topological polar surface area (TPSA) is 45.7 Å². The Bertz CT molecular complexity index is 536. The fraction of sp³-hybridized carbons (Fsp3) is 0.500. The minimum absolute atomic E-state index is 0.273. The second-order valence-electron chi connectivity index (χ2n) is 5.45. The summed E-state index contributed by atoms with van der Waals surface area (Å²) in [5.41, 5.74) is 7.46. The molecule has 0 spiro atoms. The maximum absolute atomic E-state index is 5.54. The average molecular weight is 305 g/mol. The fourth-order valence-corrected chi connectivity index (χ4v) is 2.35. The maximum Gasteiger partial charge on any atom is 0.187 e. The molecule has 1 aliphatic rings. The smallest absolute Gasteiger partial charge is 0.187 e. The Morgan fingerprint density at radius 1 is 1.38 bits per heavy atom. The van der Waals surface area contributed by atoms with Gasteiger partial charge in [0.1, 0.15) is 0 Å². The number of rotatable bonds is 4. The van der Waals surface area contributed by atoms with Gasteiger partial charge in [-0.2, -0.15) is 5.10 Å². The van der Waals surface area contributed by atoms with Gasteiger partial charge < -0.3 is 10.1 Å². The molecule has 114 valence electrons. The molecule has 1 aromatic rings. The normalized spacial score (nSPS) is 18.6. The molecule has 1 atom stereocenters. The highest BCUT2D eigenvalue weighted by Gasteiger charge is 2.15. The Balaban J connectivity index is 1.84. The summed E-state index contributed by atoms with van der Waals surface area (Å²) >= 11 is 5.22. The van der Waals surface area contributed by atoms with Crippen LogP contribution in [0.15, 0.2) is 23.3 Å². The maximum atomic E-state index is 5.54. The fourth-order valence-electron chi connectivity index (χ4n) is 2.22. The number of nitrogens with zero attached hydrogens (tertiary/aromatic N) is 1. The van der Waals surface area contributed by atoms with E-state index in [0.717, 1.165) is 37.3 Å². The van der Waals surface area contributed by atoms with Crippen LogP contribution < -0.4 is 10.7 Å². The molecule has 2 rings (SSSR count). The lowest BCUT2D eigenvalue weighted by Gasteiger charge is -2.12. The zero-order chi connectivity index (χ0) is 15.2. The summed E-state index contributed by atoms with van der Waals surface area (Å²) in [6.45, 7) is 7.78. The third-order valence-electron chi connectivity index (χ3n) is 3.76. The van der Waals surface area contributed by atoms with Crippen molar-refractivity contribution in [1.29, 1.82) is 0 Å². The zero-order valence-corrected chi connectivity index (χ0v) is 13.7. The van der Waals surface area contributed by atoms with E-state index in [2.05, 4.69) is 47.9 Å². The van der Waals surface area contributed by atoms with Gasteiger partial charge in [-0.3, -0.25) is 5.43 Å². The molecule has 0 aromatic heterocycles. The van der Waals surface area contributed by atoms with Crippen LogP contribution in [0.5, 0.6) is 0 Å². The molecule has 1 saturated heterocycles. The Morgan fingerprint density at radius 2 is 2.19 bits per heavy atom. The first kappa shape index (κ1) is 15.9. The molecule has 1 heterocycles. The molecule has 1 unspecified atom stereocenters. The van der Waals surface area contributed by atoms with E-state index in [9.17, 15) is 0 Å². The zero-order valence-electron chi connectivity index (χ0n) is 12.9. The van der Waals surface area contributed by atoms with Crippen LogP contribution in [-0.2, 0) is 4.74 Å². The van der Waals surface area contributed by atoms with Gasteiger partial charge in [0.25, 0.3) is 0 Å². The van der Waals surface area contributed by atoms with Crippen LogP contribution in [0, 0.1) is 13.8 Å². The number of hydrazone groups is 1. The van der Waals surface area contributed by atoms with Crippen molar-refractivity contribution in [2.45, 2.75) is 39.7 Å². The highest BCUT2D eigenvalue weighted by atomic mass is 32.1. The van der Waals surface area contributed by atoms with Crippen LogP contribution in [0.4, 0.5) is 0 Å². The molecular weight excluding hydrogens is 282 g/mol. The molecule has 1 fully saturated rings. The summed E-state index contributed by atoms with van der Waals surface area (Å²) in [5, 5.41) is 8.01. The summed E-state index contributed by atoms with van der Waals surface area (Å²) in [7, 11) is 0. The van der Waals surface area contributed by atoms with E-state index in [0.29, 0.717) is 5.11 Å². The Morgan fingerprint density at radius 3 is 2.86 bits per heavy atom. The first-order chi connectivity index (χ1) is 10.1. The van der Waals surface area contributed by atoms with E-state index < -0.39 is 0 Å². The van der Waals surface area contributed by atoms with Crippen molar-refractivity contribution in [3.8, 4) is 0 Å². The molecule has 5 heteroatoms. The predicted molar refractivity (Wildman–Crippen MR) is 90.8 cm³/mol. The highest BCUT2D eigenvalue weighted by molar-refractivity contribution is 7.80. The van der Waals surface area contributed by atoms with Gasteiger partial charge in [0.05, 0.1) is 11.8 Å². The van der Waals surface area contributed by atoms with Gasteiger partial charge in [-0.05, 0) is 68.6 Å². The van der Waals surface area contributed by atoms with Crippen LogP contribution in [0.1, 0.15) is 36.5 Å². The third kappa shape index (κ3) is 4.79. The molecule has 0 amide bonds. The van der Waals surface area contributed by atoms with Gasteiger partial charge in [0.2, 0.25) is 0 Å². The molecule has 0 saturated carbocycles. The Labute approximate surface area is 132 Å². The molecular formula is C16H23N3OS. The number of aryl methyl sites for hydroxylation is 2. The van der Waals surface area contributed by atoms with E-state index in [1.807, 2.05) is 6.92 Å². The molecule has 4 nitrogen and oxygen atoms in total. The van der Waals surface area contributed by atoms with Crippen molar-refractivity contribution in [3.05, 3.63) is 34.9 Å². The number of nitrogens with one attached hydrogen (secondary N) is 2. The molecule has 0 aliphatic carbocycles. The van der Waals surface area contributed by atoms with Crippen molar-refractivity contribution in [3.63, 3.8) is 0 Å². The molecule has 21 heavy (non-hydrogen) atoms. The summed E-state index contributed by atoms with van der Waals surface area (Å²) in [6, 6.07) is 6.32. The molecule has 0 radical (unpaired) electrons. The molecule has 1 aromatic carbocycles. The molecule has 2 N–H and O–H groups in total. The van der Waals surface area contributed by atoms with Crippen LogP contribution in [0.3, 0.4) is 0 Å². The van der Waals surface area contributed by atoms with Crippen molar-refractivity contribution < 1.29 is 4.74 Å². The number of ether oxygens (including phenoxy) is 1. The lowest BCUT2D eigenvalue weighted by atomic mass is 10.0. The van der Waals surface area contributed by atoms with Crippen LogP contribution in [0.2, 0.25) is 0 Å². The largest absolute Gasteiger partial charge is 0.376 e. The van der Waals surface area contributed by atoms with E-state index >= 15 is 0 Å². The van der Waals surface area contributed by atoms with Gasteiger partial charge in [-0.1, -0.05) is 12.1 Å². The van der Waals surface area contributed by atoms with Gasteiger partial charge in [0.15, 0.2) is 5.11 Å². The first-order valence-electron chi connectivity index (χ1n) is 7.33. The van der Waals surface area contributed by atoms with Gasteiger partial charge in [0, 0.05) is 13.2 Å². The Kier molecular flexibility index (Phi) is 5.70. The van der Waals surface area contributed by atoms with Crippen LogP contribution in [-0.4, -0.2) is 30.1 Å². The summed E-state index contributed by atoms with van der Waals surface area (Å²) in [4.78, 5) is 0. The summed E-state index contributed by atoms with van der Waals surface area (Å²) < 4.78 is 5.54. The van der Waals surface area contributed by atoms with E-state index in [1.54, 1.807) is 0 Å². The van der Waals surface area contributed by atoms with E-state index in [-0.39, 0.29) is 6.10 Å². The minimum atomic E-state index is 0.273. The molecule has 0 bridgehead atoms. The van der Waals surface area contributed by atoms with Crippen LogP contribution in [0.25, 0.3) is 0 Å². The SMILES string of the molecule is C/C(=N\NC(=S)NCC1CCCO1)c1ccc(C)c(C)c1. The summed E-state index contributed by atoms with van der Waals surface area (Å²) in [5.74, 6) is 0. The predicted octanol–water partition coefficient (Wildman–Crippen LogP) is 2.67. The monoisotopic (exact) mass is 305 g/mol. The lowest BCUT2D eigenvalue weighted by molar-refractivity contribution is 0.114. The number of hydrogen-bond donors (Lipinski definition) is 2. The second kappa shape index (κ2) is 7.52. The highest BCUT2D eigenvalue weighted by Crippen LogP contribution is 2.11. The van der Waals surface area contributed by atoms with E-state index in [1.165, 1.54) is 11.1 Å². The minimum Gasteiger partial charge on any atom is -0.376 e. The number of benzene rings is 1. The number of thiocarbonyl (C=S) groups is 1. The van der Waals surface area contributed by atoms with Crippen molar-refractivity contribution in [2.75, 3.05) is 13.2 Å². The number of hydrogen-bond acceptors (Lipinski definition) is 3. The summed E-state index contributed by atoms with van der Waals surface area (Å²) in [6.07, 6.45) is 2.51. The average Bonchev–Trinajstić information content (AvgIpc) is 2.98.